The first kappa shape index (κ1) is 20.9. The summed E-state index contributed by atoms with van der Waals surface area (Å²) in [6.07, 6.45) is 3.64. The number of aromatic nitrogens is 1. The van der Waals surface area contributed by atoms with Crippen LogP contribution < -0.4 is 0 Å². The Morgan fingerprint density at radius 2 is 1.79 bits per heavy atom. The maximum Gasteiger partial charge on any atom is 0.339 e. The maximum atomic E-state index is 13.3. The molecule has 0 atom stereocenters. The summed E-state index contributed by atoms with van der Waals surface area (Å²) in [5.41, 5.74) is 6.69. The Labute approximate surface area is 196 Å². The van der Waals surface area contributed by atoms with Crippen LogP contribution in [0.25, 0.3) is 22.6 Å². The van der Waals surface area contributed by atoms with E-state index in [9.17, 15) is 4.79 Å². The molecule has 0 unspecified atom stereocenters. The largest absolute Gasteiger partial charge is 0.457 e. The molecule has 0 saturated heterocycles. The van der Waals surface area contributed by atoms with Gasteiger partial charge in [-0.1, -0.05) is 54.1 Å². The standard InChI is InChI=1S/C28H19ClN2O2/c29-22-12-9-18(10-13-22)15-21-11-14-24-26(23-3-1-2-4-25(23)31-27(21)24)28(32)33-17-20-7-5-19(16-30)6-8-20/h1-10,12-13,15H,11,14,17H2. The van der Waals surface area contributed by atoms with Crippen molar-refractivity contribution >= 4 is 40.1 Å². The molecule has 160 valence electrons. The minimum atomic E-state index is -0.359. The van der Waals surface area contributed by atoms with E-state index in [0.29, 0.717) is 16.1 Å². The van der Waals surface area contributed by atoms with Crippen molar-refractivity contribution in [3.8, 4) is 6.07 Å². The minimum Gasteiger partial charge on any atom is -0.457 e. The Kier molecular flexibility index (Phi) is 5.64. The molecule has 5 heteroatoms. The summed E-state index contributed by atoms with van der Waals surface area (Å²) in [5.74, 6) is -0.359. The number of rotatable bonds is 4. The summed E-state index contributed by atoms with van der Waals surface area (Å²) in [6, 6.07) is 24.5. The quantitative estimate of drug-likeness (QED) is 0.328. The highest BCUT2D eigenvalue weighted by molar-refractivity contribution is 6.30. The van der Waals surface area contributed by atoms with E-state index in [1.165, 1.54) is 0 Å². The predicted molar refractivity (Wildman–Crippen MR) is 130 cm³/mol. The summed E-state index contributed by atoms with van der Waals surface area (Å²) < 4.78 is 5.70. The Morgan fingerprint density at radius 3 is 2.55 bits per heavy atom. The van der Waals surface area contributed by atoms with Crippen LogP contribution in [0.15, 0.2) is 72.8 Å². The lowest BCUT2D eigenvalue weighted by atomic mass is 10.0. The third kappa shape index (κ3) is 4.24. The fourth-order valence-electron chi connectivity index (χ4n) is 4.17. The zero-order valence-electron chi connectivity index (χ0n) is 17.7. The van der Waals surface area contributed by atoms with Gasteiger partial charge in [0.1, 0.15) is 6.61 Å². The second-order valence-corrected chi connectivity index (χ2v) is 8.37. The molecular formula is C28H19ClN2O2. The Morgan fingerprint density at radius 1 is 1.03 bits per heavy atom. The smallest absolute Gasteiger partial charge is 0.339 e. The van der Waals surface area contributed by atoms with Crippen molar-refractivity contribution in [2.75, 3.05) is 0 Å². The number of benzene rings is 3. The molecule has 5 rings (SSSR count). The zero-order valence-corrected chi connectivity index (χ0v) is 18.5. The van der Waals surface area contributed by atoms with Crippen molar-refractivity contribution in [3.63, 3.8) is 0 Å². The lowest BCUT2D eigenvalue weighted by Gasteiger charge is -2.12. The highest BCUT2D eigenvalue weighted by Gasteiger charge is 2.27. The molecule has 0 aliphatic heterocycles. The number of allylic oxidation sites excluding steroid dienone is 1. The van der Waals surface area contributed by atoms with Crippen LogP contribution in [0.3, 0.4) is 0 Å². The lowest BCUT2D eigenvalue weighted by molar-refractivity contribution is 0.0474. The van der Waals surface area contributed by atoms with Crippen LogP contribution in [0.5, 0.6) is 0 Å². The van der Waals surface area contributed by atoms with Gasteiger partial charge in [0.05, 0.1) is 28.4 Å². The third-order valence-electron chi connectivity index (χ3n) is 5.81. The molecule has 0 bridgehead atoms. The second kappa shape index (κ2) is 8.90. The molecule has 0 N–H and O–H groups in total. The molecule has 0 radical (unpaired) electrons. The number of para-hydroxylation sites is 1. The first-order chi connectivity index (χ1) is 16.1. The number of pyridine rings is 1. The average Bonchev–Trinajstić information content (AvgIpc) is 3.24. The molecule has 4 nitrogen and oxygen atoms in total. The molecule has 33 heavy (non-hydrogen) atoms. The van der Waals surface area contributed by atoms with Gasteiger partial charge < -0.3 is 4.74 Å². The summed E-state index contributed by atoms with van der Waals surface area (Å²) >= 11 is 6.02. The maximum absolute atomic E-state index is 13.3. The number of halogens is 1. The highest BCUT2D eigenvalue weighted by atomic mass is 35.5. The summed E-state index contributed by atoms with van der Waals surface area (Å²) in [6.45, 7) is 0.142. The number of fused-ring (bicyclic) bond motifs is 2. The Hall–Kier alpha value is -3.94. The van der Waals surface area contributed by atoms with E-state index in [4.69, 9.17) is 26.6 Å². The number of hydrogen-bond acceptors (Lipinski definition) is 4. The van der Waals surface area contributed by atoms with Crippen molar-refractivity contribution in [3.05, 3.63) is 111 Å². The van der Waals surface area contributed by atoms with Gasteiger partial charge in [-0.3, -0.25) is 0 Å². The molecule has 1 heterocycles. The normalized spacial score (nSPS) is 13.6. The lowest BCUT2D eigenvalue weighted by Crippen LogP contribution is -2.10. The van der Waals surface area contributed by atoms with Crippen LogP contribution >= 0.6 is 11.6 Å². The Balaban J connectivity index is 1.51. The van der Waals surface area contributed by atoms with Gasteiger partial charge in [0.2, 0.25) is 0 Å². The fourth-order valence-corrected chi connectivity index (χ4v) is 4.29. The van der Waals surface area contributed by atoms with Crippen molar-refractivity contribution in [2.24, 2.45) is 0 Å². The number of carbonyl (C=O) groups excluding carboxylic acids is 1. The number of carbonyl (C=O) groups is 1. The van der Waals surface area contributed by atoms with Crippen molar-refractivity contribution < 1.29 is 9.53 Å². The molecule has 0 saturated carbocycles. The second-order valence-electron chi connectivity index (χ2n) is 7.94. The molecular weight excluding hydrogens is 432 g/mol. The van der Waals surface area contributed by atoms with Crippen LogP contribution in [0.4, 0.5) is 0 Å². The highest BCUT2D eigenvalue weighted by Crippen LogP contribution is 2.38. The summed E-state index contributed by atoms with van der Waals surface area (Å²) in [5, 5.41) is 10.5. The molecule has 0 amide bonds. The average molecular weight is 451 g/mol. The number of nitriles is 1. The van der Waals surface area contributed by atoms with Crippen LogP contribution in [0.2, 0.25) is 5.02 Å². The van der Waals surface area contributed by atoms with Gasteiger partial charge in [0, 0.05) is 10.4 Å². The van der Waals surface area contributed by atoms with Gasteiger partial charge in [-0.15, -0.1) is 0 Å². The summed E-state index contributed by atoms with van der Waals surface area (Å²) in [4.78, 5) is 18.2. The SMILES string of the molecule is N#Cc1ccc(COC(=O)c2c3c(nc4ccccc24)C(=Cc2ccc(Cl)cc2)CC3)cc1. The fraction of sp³-hybridized carbons (Fsp3) is 0.107. The van der Waals surface area contributed by atoms with E-state index in [-0.39, 0.29) is 12.6 Å². The zero-order chi connectivity index (χ0) is 22.8. The molecule has 4 aromatic rings. The van der Waals surface area contributed by atoms with E-state index in [1.54, 1.807) is 24.3 Å². The van der Waals surface area contributed by atoms with Crippen LogP contribution in [-0.4, -0.2) is 11.0 Å². The number of nitrogens with zero attached hydrogens (tertiary/aromatic N) is 2. The topological polar surface area (TPSA) is 63.0 Å². The predicted octanol–water partition coefficient (Wildman–Crippen LogP) is 6.60. The van der Waals surface area contributed by atoms with Gasteiger partial charge in [0.15, 0.2) is 0 Å². The summed E-state index contributed by atoms with van der Waals surface area (Å²) in [7, 11) is 0. The first-order valence-electron chi connectivity index (χ1n) is 10.7. The van der Waals surface area contributed by atoms with E-state index >= 15 is 0 Å². The van der Waals surface area contributed by atoms with Gasteiger partial charge in [0.25, 0.3) is 0 Å². The first-order valence-corrected chi connectivity index (χ1v) is 11.0. The van der Waals surface area contributed by atoms with Crippen molar-refractivity contribution in [1.82, 2.24) is 4.98 Å². The number of ether oxygens (including phenoxy) is 1. The van der Waals surface area contributed by atoms with Gasteiger partial charge in [-0.25, -0.2) is 9.78 Å². The van der Waals surface area contributed by atoms with Gasteiger partial charge in [-0.2, -0.15) is 5.26 Å². The van der Waals surface area contributed by atoms with Gasteiger partial charge >= 0.3 is 5.97 Å². The third-order valence-corrected chi connectivity index (χ3v) is 6.06. The molecule has 1 aliphatic carbocycles. The van der Waals surface area contributed by atoms with E-state index in [1.807, 2.05) is 48.5 Å². The molecule has 0 fully saturated rings. The minimum absolute atomic E-state index is 0.142. The molecule has 0 spiro atoms. The monoisotopic (exact) mass is 450 g/mol. The van der Waals surface area contributed by atoms with Crippen molar-refractivity contribution in [1.29, 1.82) is 5.26 Å². The van der Waals surface area contributed by atoms with E-state index in [0.717, 1.165) is 51.7 Å². The van der Waals surface area contributed by atoms with Crippen LogP contribution in [0, 0.1) is 11.3 Å². The van der Waals surface area contributed by atoms with E-state index in [2.05, 4.69) is 12.1 Å². The van der Waals surface area contributed by atoms with Crippen molar-refractivity contribution in [2.45, 2.75) is 19.4 Å². The number of hydrogen-bond donors (Lipinski definition) is 0. The number of esters is 1. The van der Waals surface area contributed by atoms with E-state index < -0.39 is 0 Å². The molecule has 1 aliphatic rings. The van der Waals surface area contributed by atoms with Crippen LogP contribution in [-0.2, 0) is 17.8 Å². The molecule has 1 aromatic heterocycles. The van der Waals surface area contributed by atoms with Gasteiger partial charge in [-0.05, 0) is 71.5 Å². The van der Waals surface area contributed by atoms with Crippen LogP contribution in [0.1, 0.15) is 44.7 Å². The Bertz CT molecular complexity index is 1430. The molecule has 3 aromatic carbocycles.